The van der Waals surface area contributed by atoms with Crippen LogP contribution in [-0.4, -0.2) is 37.0 Å². The zero-order valence-electron chi connectivity index (χ0n) is 14.0. The van der Waals surface area contributed by atoms with Crippen LogP contribution in [0.4, 0.5) is 5.69 Å². The summed E-state index contributed by atoms with van der Waals surface area (Å²) in [4.78, 5) is 16.8. The van der Waals surface area contributed by atoms with Crippen LogP contribution in [0.2, 0.25) is 0 Å². The molecular formula is C20H28N2O. The number of piperidine rings is 1. The number of likely N-dealkylation sites (tertiary alicyclic amines) is 1. The molecular weight excluding hydrogens is 284 g/mol. The van der Waals surface area contributed by atoms with E-state index in [4.69, 9.17) is 0 Å². The van der Waals surface area contributed by atoms with Crippen LogP contribution in [-0.2, 0) is 11.2 Å². The summed E-state index contributed by atoms with van der Waals surface area (Å²) in [5, 5.41) is 0. The van der Waals surface area contributed by atoms with Crippen molar-refractivity contribution in [3.8, 4) is 0 Å². The summed E-state index contributed by atoms with van der Waals surface area (Å²) >= 11 is 0. The molecule has 3 rings (SSSR count). The van der Waals surface area contributed by atoms with Gasteiger partial charge in [-0.3, -0.25) is 4.79 Å². The number of aryl methyl sites for hydroxylation is 1. The maximum absolute atomic E-state index is 12.3. The van der Waals surface area contributed by atoms with Gasteiger partial charge in [0.2, 0.25) is 5.91 Å². The first-order valence-electron chi connectivity index (χ1n) is 8.99. The Balaban J connectivity index is 1.48. The van der Waals surface area contributed by atoms with E-state index in [9.17, 15) is 4.79 Å². The van der Waals surface area contributed by atoms with Crippen molar-refractivity contribution in [2.75, 3.05) is 31.1 Å². The number of carbonyl (C=O) groups is 1. The number of allylic oxidation sites excluding steroid dienone is 1. The lowest BCUT2D eigenvalue weighted by Crippen LogP contribution is -2.39. The summed E-state index contributed by atoms with van der Waals surface area (Å²) in [6.07, 6.45) is 8.40. The summed E-state index contributed by atoms with van der Waals surface area (Å²) in [6.45, 7) is 8.20. The third-order valence-electron chi connectivity index (χ3n) is 5.25. The second-order valence-electron chi connectivity index (χ2n) is 6.84. The molecule has 0 saturated carbocycles. The van der Waals surface area contributed by atoms with Crippen molar-refractivity contribution in [2.24, 2.45) is 5.92 Å². The molecule has 23 heavy (non-hydrogen) atoms. The number of hydrogen-bond donors (Lipinski definition) is 0. The SMILES string of the molecule is C=CCC1CCN(CCCN2C(=O)CCc3ccccc32)CC1. The molecule has 2 aliphatic rings. The summed E-state index contributed by atoms with van der Waals surface area (Å²) in [5.41, 5.74) is 2.45. The van der Waals surface area contributed by atoms with E-state index in [2.05, 4.69) is 35.8 Å². The molecule has 0 N–H and O–H groups in total. The first kappa shape index (κ1) is 16.3. The molecule has 0 spiro atoms. The van der Waals surface area contributed by atoms with E-state index < -0.39 is 0 Å². The summed E-state index contributed by atoms with van der Waals surface area (Å²) < 4.78 is 0. The zero-order chi connectivity index (χ0) is 16.1. The number of carbonyl (C=O) groups excluding carboxylic acids is 1. The molecule has 0 aromatic heterocycles. The average Bonchev–Trinajstić information content (AvgIpc) is 2.59. The Morgan fingerprint density at radius 2 is 1.91 bits per heavy atom. The Morgan fingerprint density at radius 3 is 2.70 bits per heavy atom. The third-order valence-corrected chi connectivity index (χ3v) is 5.25. The number of hydrogen-bond acceptors (Lipinski definition) is 2. The highest BCUT2D eigenvalue weighted by Crippen LogP contribution is 2.27. The maximum Gasteiger partial charge on any atom is 0.227 e. The predicted molar refractivity (Wildman–Crippen MR) is 95.7 cm³/mol. The van der Waals surface area contributed by atoms with Crippen LogP contribution in [0, 0.1) is 5.92 Å². The first-order chi connectivity index (χ1) is 11.3. The van der Waals surface area contributed by atoms with Crippen LogP contribution in [0.3, 0.4) is 0 Å². The maximum atomic E-state index is 12.3. The highest BCUT2D eigenvalue weighted by Gasteiger charge is 2.24. The molecule has 1 aromatic carbocycles. The van der Waals surface area contributed by atoms with Gasteiger partial charge in [0, 0.05) is 18.7 Å². The molecule has 0 atom stereocenters. The van der Waals surface area contributed by atoms with E-state index >= 15 is 0 Å². The van der Waals surface area contributed by atoms with Crippen LogP contribution < -0.4 is 4.90 Å². The average molecular weight is 312 g/mol. The van der Waals surface area contributed by atoms with Crippen molar-refractivity contribution in [1.82, 2.24) is 4.90 Å². The van der Waals surface area contributed by atoms with Gasteiger partial charge in [0.15, 0.2) is 0 Å². The van der Waals surface area contributed by atoms with E-state index in [1.807, 2.05) is 11.0 Å². The fourth-order valence-electron chi connectivity index (χ4n) is 3.88. The molecule has 0 bridgehead atoms. The largest absolute Gasteiger partial charge is 0.312 e. The smallest absolute Gasteiger partial charge is 0.227 e. The van der Waals surface area contributed by atoms with Gasteiger partial charge in [0.1, 0.15) is 0 Å². The van der Waals surface area contributed by atoms with Crippen molar-refractivity contribution in [3.05, 3.63) is 42.5 Å². The number of benzene rings is 1. The van der Waals surface area contributed by atoms with Crippen LogP contribution in [0.15, 0.2) is 36.9 Å². The Kier molecular flexibility index (Phi) is 5.50. The van der Waals surface area contributed by atoms with E-state index in [0.717, 1.165) is 44.0 Å². The second-order valence-corrected chi connectivity index (χ2v) is 6.84. The van der Waals surface area contributed by atoms with Gasteiger partial charge >= 0.3 is 0 Å². The van der Waals surface area contributed by atoms with E-state index in [0.29, 0.717) is 6.42 Å². The summed E-state index contributed by atoms with van der Waals surface area (Å²) in [6, 6.07) is 8.35. The Hall–Kier alpha value is -1.61. The van der Waals surface area contributed by atoms with Gasteiger partial charge in [0.05, 0.1) is 0 Å². The molecule has 3 nitrogen and oxygen atoms in total. The minimum atomic E-state index is 0.286. The van der Waals surface area contributed by atoms with Crippen LogP contribution in [0.25, 0.3) is 0 Å². The van der Waals surface area contributed by atoms with E-state index in [-0.39, 0.29) is 5.91 Å². The molecule has 0 radical (unpaired) electrons. The van der Waals surface area contributed by atoms with Crippen molar-refractivity contribution in [1.29, 1.82) is 0 Å². The molecule has 0 aliphatic carbocycles. The Morgan fingerprint density at radius 1 is 1.13 bits per heavy atom. The second kappa shape index (κ2) is 7.78. The van der Waals surface area contributed by atoms with E-state index in [1.165, 1.54) is 31.5 Å². The van der Waals surface area contributed by atoms with Gasteiger partial charge in [0.25, 0.3) is 0 Å². The van der Waals surface area contributed by atoms with Gasteiger partial charge in [-0.15, -0.1) is 6.58 Å². The standard InChI is InChI=1S/C20H28N2O/c1-2-6-17-11-15-21(16-12-17)13-5-14-22-19-8-4-3-7-18(19)9-10-20(22)23/h2-4,7-8,17H,1,5-6,9-16H2. The van der Waals surface area contributed by atoms with E-state index in [1.54, 1.807) is 0 Å². The molecule has 1 saturated heterocycles. The van der Waals surface area contributed by atoms with Crippen molar-refractivity contribution >= 4 is 11.6 Å². The predicted octanol–water partition coefficient (Wildman–Crippen LogP) is 3.64. The van der Waals surface area contributed by atoms with Crippen LogP contribution >= 0.6 is 0 Å². The van der Waals surface area contributed by atoms with Crippen LogP contribution in [0.1, 0.15) is 37.7 Å². The highest BCUT2D eigenvalue weighted by atomic mass is 16.2. The minimum absolute atomic E-state index is 0.286. The molecule has 0 unspecified atom stereocenters. The molecule has 1 fully saturated rings. The van der Waals surface area contributed by atoms with Crippen LogP contribution in [0.5, 0.6) is 0 Å². The molecule has 1 aromatic rings. The molecule has 2 heterocycles. The lowest BCUT2D eigenvalue weighted by atomic mass is 9.93. The number of rotatable bonds is 6. The monoisotopic (exact) mass is 312 g/mol. The first-order valence-corrected chi connectivity index (χ1v) is 8.99. The van der Waals surface area contributed by atoms with Gasteiger partial charge in [-0.1, -0.05) is 24.3 Å². The summed E-state index contributed by atoms with van der Waals surface area (Å²) in [5.74, 6) is 1.12. The zero-order valence-corrected chi connectivity index (χ0v) is 14.0. The van der Waals surface area contributed by atoms with Gasteiger partial charge in [-0.2, -0.15) is 0 Å². The Bertz CT molecular complexity index is 546. The molecule has 2 aliphatic heterocycles. The molecule has 1 amide bonds. The summed E-state index contributed by atoms with van der Waals surface area (Å²) in [7, 11) is 0. The quantitative estimate of drug-likeness (QED) is 0.749. The number of nitrogens with zero attached hydrogens (tertiary/aromatic N) is 2. The van der Waals surface area contributed by atoms with Gasteiger partial charge in [-0.25, -0.2) is 0 Å². The third kappa shape index (κ3) is 4.03. The fraction of sp³-hybridized carbons (Fsp3) is 0.550. The topological polar surface area (TPSA) is 23.6 Å². The fourth-order valence-corrected chi connectivity index (χ4v) is 3.88. The number of fused-ring (bicyclic) bond motifs is 1. The molecule has 124 valence electrons. The lowest BCUT2D eigenvalue weighted by molar-refractivity contribution is -0.118. The number of para-hydroxylation sites is 1. The van der Waals surface area contributed by atoms with Crippen molar-refractivity contribution in [3.63, 3.8) is 0 Å². The highest BCUT2D eigenvalue weighted by molar-refractivity contribution is 5.96. The van der Waals surface area contributed by atoms with Crippen molar-refractivity contribution < 1.29 is 4.79 Å². The van der Waals surface area contributed by atoms with Gasteiger partial charge < -0.3 is 9.80 Å². The number of anilines is 1. The Labute approximate surface area is 140 Å². The number of amides is 1. The van der Waals surface area contributed by atoms with Gasteiger partial charge in [-0.05, 0) is 69.3 Å². The minimum Gasteiger partial charge on any atom is -0.312 e. The lowest BCUT2D eigenvalue weighted by Gasteiger charge is -2.33. The molecule has 3 heteroatoms. The van der Waals surface area contributed by atoms with Crippen molar-refractivity contribution in [2.45, 2.75) is 38.5 Å². The normalized spacial score (nSPS) is 19.7.